The summed E-state index contributed by atoms with van der Waals surface area (Å²) in [6, 6.07) is 8.22. The second kappa shape index (κ2) is 6.34. The van der Waals surface area contributed by atoms with Crippen LogP contribution in [0.5, 0.6) is 11.6 Å². The lowest BCUT2D eigenvalue weighted by molar-refractivity contribution is 0.381. The van der Waals surface area contributed by atoms with E-state index in [0.717, 1.165) is 5.56 Å². The van der Waals surface area contributed by atoms with Gasteiger partial charge in [-0.05, 0) is 24.1 Å². The Morgan fingerprint density at radius 3 is 2.70 bits per heavy atom. The Hall–Kier alpha value is -2.14. The zero-order chi connectivity index (χ0) is 14.5. The van der Waals surface area contributed by atoms with Gasteiger partial charge in [0.1, 0.15) is 0 Å². The van der Waals surface area contributed by atoms with Crippen LogP contribution in [0.2, 0.25) is 0 Å². The average molecular weight is 276 g/mol. The highest BCUT2D eigenvalue weighted by Gasteiger charge is 2.16. The van der Waals surface area contributed by atoms with Gasteiger partial charge in [0.2, 0.25) is 5.88 Å². The molecular weight excluding hydrogens is 259 g/mol. The first-order chi connectivity index (χ1) is 9.67. The number of rotatable bonds is 5. The maximum atomic E-state index is 14.1. The fourth-order valence-electron chi connectivity index (χ4n) is 2.07. The van der Waals surface area contributed by atoms with E-state index < -0.39 is 6.04 Å². The van der Waals surface area contributed by atoms with Gasteiger partial charge in [0.15, 0.2) is 11.6 Å². The van der Waals surface area contributed by atoms with Gasteiger partial charge in [-0.1, -0.05) is 18.2 Å². The van der Waals surface area contributed by atoms with Crippen molar-refractivity contribution in [2.45, 2.75) is 12.5 Å². The van der Waals surface area contributed by atoms with E-state index in [2.05, 4.69) is 4.98 Å². The van der Waals surface area contributed by atoms with Gasteiger partial charge in [-0.2, -0.15) is 0 Å². The number of ether oxygens (including phenoxy) is 2. The lowest BCUT2D eigenvalue weighted by atomic mass is 10.00. The second-order valence-corrected chi connectivity index (χ2v) is 4.35. The summed E-state index contributed by atoms with van der Waals surface area (Å²) in [4.78, 5) is 4.10. The molecule has 4 nitrogen and oxygen atoms in total. The molecule has 2 N–H and O–H groups in total. The van der Waals surface area contributed by atoms with Crippen molar-refractivity contribution < 1.29 is 13.9 Å². The molecular formula is C15H17FN2O2. The van der Waals surface area contributed by atoms with Crippen LogP contribution in [0.4, 0.5) is 4.39 Å². The molecule has 1 aromatic heterocycles. The third-order valence-electron chi connectivity index (χ3n) is 3.10. The molecule has 1 unspecified atom stereocenters. The summed E-state index contributed by atoms with van der Waals surface area (Å²) in [6.07, 6.45) is 1.96. The Balaban J connectivity index is 2.26. The zero-order valence-electron chi connectivity index (χ0n) is 11.5. The molecule has 20 heavy (non-hydrogen) atoms. The fraction of sp³-hybridized carbons (Fsp3) is 0.267. The smallest absolute Gasteiger partial charge is 0.217 e. The van der Waals surface area contributed by atoms with Crippen LogP contribution in [0.25, 0.3) is 0 Å². The molecule has 2 rings (SSSR count). The summed E-state index contributed by atoms with van der Waals surface area (Å²) in [5.41, 5.74) is 7.39. The van der Waals surface area contributed by atoms with Gasteiger partial charge in [0, 0.05) is 17.8 Å². The van der Waals surface area contributed by atoms with E-state index in [1.54, 1.807) is 30.5 Å². The van der Waals surface area contributed by atoms with Crippen LogP contribution < -0.4 is 15.2 Å². The number of pyridine rings is 1. The lowest BCUT2D eigenvalue weighted by Gasteiger charge is -2.15. The van der Waals surface area contributed by atoms with Crippen LogP contribution in [0.15, 0.2) is 36.5 Å². The molecule has 0 aliphatic rings. The molecule has 0 amide bonds. The number of nitrogens with zero attached hydrogens (tertiary/aromatic N) is 1. The fourth-order valence-corrected chi connectivity index (χ4v) is 2.07. The molecule has 0 spiro atoms. The van der Waals surface area contributed by atoms with Crippen LogP contribution in [0.3, 0.4) is 0 Å². The molecule has 0 fully saturated rings. The van der Waals surface area contributed by atoms with E-state index in [4.69, 9.17) is 15.2 Å². The van der Waals surface area contributed by atoms with Crippen LogP contribution in [-0.4, -0.2) is 19.2 Å². The Labute approximate surface area is 117 Å². The number of nitrogens with two attached hydrogens (primary N) is 1. The normalized spacial score (nSPS) is 12.0. The number of hydrogen-bond acceptors (Lipinski definition) is 4. The third-order valence-corrected chi connectivity index (χ3v) is 3.10. The second-order valence-electron chi connectivity index (χ2n) is 4.35. The Morgan fingerprint density at radius 1 is 1.20 bits per heavy atom. The SMILES string of the molecule is COc1cccc(CC(N)c2cccnc2OC)c1F. The molecule has 1 heterocycles. The van der Waals surface area contributed by atoms with Crippen LogP contribution in [-0.2, 0) is 6.42 Å². The van der Waals surface area contributed by atoms with Crippen molar-refractivity contribution in [3.8, 4) is 11.6 Å². The topological polar surface area (TPSA) is 57.4 Å². The van der Waals surface area contributed by atoms with Gasteiger partial charge >= 0.3 is 0 Å². The third kappa shape index (κ3) is 2.88. The van der Waals surface area contributed by atoms with Crippen LogP contribution >= 0.6 is 0 Å². The molecule has 2 aromatic rings. The average Bonchev–Trinajstić information content (AvgIpc) is 2.49. The standard InChI is InChI=1S/C15H17FN2O2/c1-19-13-7-3-5-10(14(13)16)9-12(17)11-6-4-8-18-15(11)20-2/h3-8,12H,9,17H2,1-2H3. The molecule has 0 aliphatic carbocycles. The Kier molecular flexibility index (Phi) is 4.53. The van der Waals surface area contributed by atoms with E-state index in [1.807, 2.05) is 6.07 Å². The number of benzene rings is 1. The van der Waals surface area contributed by atoms with E-state index in [-0.39, 0.29) is 11.6 Å². The maximum absolute atomic E-state index is 14.1. The molecule has 0 aliphatic heterocycles. The summed E-state index contributed by atoms with van der Waals surface area (Å²) in [7, 11) is 2.97. The van der Waals surface area contributed by atoms with Crippen LogP contribution in [0, 0.1) is 5.82 Å². The largest absolute Gasteiger partial charge is 0.494 e. The van der Waals surface area contributed by atoms with Gasteiger partial charge in [0.05, 0.1) is 14.2 Å². The lowest BCUT2D eigenvalue weighted by Crippen LogP contribution is -2.16. The van der Waals surface area contributed by atoms with Crippen molar-refractivity contribution in [3.63, 3.8) is 0 Å². The first kappa shape index (κ1) is 14.3. The minimum atomic E-state index is -0.403. The van der Waals surface area contributed by atoms with Gasteiger partial charge in [-0.3, -0.25) is 0 Å². The molecule has 5 heteroatoms. The van der Waals surface area contributed by atoms with Crippen LogP contribution in [0.1, 0.15) is 17.2 Å². The molecule has 0 saturated heterocycles. The minimum Gasteiger partial charge on any atom is -0.494 e. The predicted octanol–water partition coefficient (Wildman–Crippen LogP) is 2.48. The maximum Gasteiger partial charge on any atom is 0.217 e. The number of halogens is 1. The highest BCUT2D eigenvalue weighted by molar-refractivity contribution is 5.34. The zero-order valence-corrected chi connectivity index (χ0v) is 11.5. The number of methoxy groups -OCH3 is 2. The van der Waals surface area contributed by atoms with Crippen molar-refractivity contribution in [1.29, 1.82) is 0 Å². The molecule has 0 bridgehead atoms. The number of aromatic nitrogens is 1. The van der Waals surface area contributed by atoms with E-state index in [1.165, 1.54) is 14.2 Å². The molecule has 0 radical (unpaired) electrons. The summed E-state index contributed by atoms with van der Waals surface area (Å²) in [6.45, 7) is 0. The van der Waals surface area contributed by atoms with Crippen molar-refractivity contribution in [1.82, 2.24) is 4.98 Å². The molecule has 1 atom stereocenters. The van der Waals surface area contributed by atoms with Crippen molar-refractivity contribution in [2.24, 2.45) is 5.73 Å². The van der Waals surface area contributed by atoms with Crippen molar-refractivity contribution in [3.05, 3.63) is 53.5 Å². The molecule has 0 saturated carbocycles. The highest BCUT2D eigenvalue weighted by atomic mass is 19.1. The monoisotopic (exact) mass is 276 g/mol. The first-order valence-corrected chi connectivity index (χ1v) is 6.23. The van der Waals surface area contributed by atoms with Gasteiger partial charge < -0.3 is 15.2 Å². The molecule has 1 aromatic carbocycles. The quantitative estimate of drug-likeness (QED) is 0.911. The predicted molar refractivity (Wildman–Crippen MR) is 74.4 cm³/mol. The summed E-state index contributed by atoms with van der Waals surface area (Å²) in [5, 5.41) is 0. The van der Waals surface area contributed by atoms with E-state index >= 15 is 0 Å². The van der Waals surface area contributed by atoms with E-state index in [9.17, 15) is 4.39 Å². The highest BCUT2D eigenvalue weighted by Crippen LogP contribution is 2.27. The first-order valence-electron chi connectivity index (χ1n) is 6.23. The van der Waals surface area contributed by atoms with Gasteiger partial charge in [-0.25, -0.2) is 9.37 Å². The Morgan fingerprint density at radius 2 is 2.00 bits per heavy atom. The Bertz CT molecular complexity index is 590. The molecule has 106 valence electrons. The van der Waals surface area contributed by atoms with Gasteiger partial charge in [0.25, 0.3) is 0 Å². The summed E-state index contributed by atoms with van der Waals surface area (Å²) < 4.78 is 24.2. The van der Waals surface area contributed by atoms with Crippen molar-refractivity contribution in [2.75, 3.05) is 14.2 Å². The van der Waals surface area contributed by atoms with Gasteiger partial charge in [-0.15, -0.1) is 0 Å². The van der Waals surface area contributed by atoms with E-state index in [0.29, 0.717) is 17.9 Å². The minimum absolute atomic E-state index is 0.216. The number of hydrogen-bond donors (Lipinski definition) is 1. The summed E-state index contributed by atoms with van der Waals surface area (Å²) in [5.74, 6) is 0.296. The summed E-state index contributed by atoms with van der Waals surface area (Å²) >= 11 is 0. The van der Waals surface area contributed by atoms with Crippen molar-refractivity contribution >= 4 is 0 Å².